The molecule has 0 spiro atoms. The molecule has 0 bridgehead atoms. The normalized spacial score (nSPS) is 25.7. The van der Waals surface area contributed by atoms with Crippen molar-refractivity contribution in [2.24, 2.45) is 0 Å². The van der Waals surface area contributed by atoms with Gasteiger partial charge in [0.25, 0.3) is 0 Å². The zero-order valence-corrected chi connectivity index (χ0v) is 9.96. The molecule has 2 unspecified atom stereocenters. The molecule has 3 heteroatoms. The van der Waals surface area contributed by atoms with E-state index in [1.807, 2.05) is 12.4 Å². The van der Waals surface area contributed by atoms with Crippen LogP contribution >= 0.6 is 11.8 Å². The summed E-state index contributed by atoms with van der Waals surface area (Å²) < 4.78 is 0. The standard InChI is InChI=1S/C12H18N2S/c1-2-14-11-8-12(15-9-11)7-10-3-5-13-6-4-10/h3-6,11-12,14H,2,7-9H2,1H3. The predicted molar refractivity (Wildman–Crippen MR) is 66.3 cm³/mol. The van der Waals surface area contributed by atoms with Crippen molar-refractivity contribution in [3.05, 3.63) is 30.1 Å². The van der Waals surface area contributed by atoms with Crippen LogP contribution in [0.3, 0.4) is 0 Å². The highest BCUT2D eigenvalue weighted by molar-refractivity contribution is 8.00. The number of rotatable bonds is 4. The molecule has 1 saturated heterocycles. The van der Waals surface area contributed by atoms with Crippen LogP contribution in [0, 0.1) is 0 Å². The Hall–Kier alpha value is -0.540. The van der Waals surface area contributed by atoms with Crippen LogP contribution in [0.15, 0.2) is 24.5 Å². The maximum atomic E-state index is 4.05. The summed E-state index contributed by atoms with van der Waals surface area (Å²) in [6.45, 7) is 3.27. The van der Waals surface area contributed by atoms with Crippen LogP contribution in [0.25, 0.3) is 0 Å². The number of hydrogen-bond acceptors (Lipinski definition) is 3. The molecule has 0 saturated carbocycles. The first kappa shape index (κ1) is 11.0. The molecule has 2 rings (SSSR count). The molecule has 2 atom stereocenters. The highest BCUT2D eigenvalue weighted by Crippen LogP contribution is 2.29. The van der Waals surface area contributed by atoms with Crippen LogP contribution in [-0.4, -0.2) is 28.6 Å². The molecule has 1 aliphatic heterocycles. The van der Waals surface area contributed by atoms with Crippen LogP contribution in [0.2, 0.25) is 0 Å². The van der Waals surface area contributed by atoms with Gasteiger partial charge in [-0.15, -0.1) is 0 Å². The van der Waals surface area contributed by atoms with E-state index in [9.17, 15) is 0 Å². The predicted octanol–water partition coefficient (Wildman–Crippen LogP) is 2.11. The van der Waals surface area contributed by atoms with Gasteiger partial charge in [0.1, 0.15) is 0 Å². The molecule has 0 amide bonds. The van der Waals surface area contributed by atoms with Gasteiger partial charge in [0, 0.05) is 29.4 Å². The first-order valence-electron chi connectivity index (χ1n) is 5.62. The smallest absolute Gasteiger partial charge is 0.0270 e. The van der Waals surface area contributed by atoms with Crippen LogP contribution in [-0.2, 0) is 6.42 Å². The van der Waals surface area contributed by atoms with Crippen molar-refractivity contribution in [3.63, 3.8) is 0 Å². The molecule has 15 heavy (non-hydrogen) atoms. The Morgan fingerprint density at radius 1 is 1.47 bits per heavy atom. The van der Waals surface area contributed by atoms with Crippen molar-refractivity contribution in [2.75, 3.05) is 12.3 Å². The highest BCUT2D eigenvalue weighted by atomic mass is 32.2. The fourth-order valence-electron chi connectivity index (χ4n) is 2.06. The first-order valence-corrected chi connectivity index (χ1v) is 6.67. The molecule has 1 aromatic rings. The summed E-state index contributed by atoms with van der Waals surface area (Å²) in [7, 11) is 0. The average molecular weight is 222 g/mol. The Kier molecular flexibility index (Phi) is 4.03. The molecule has 1 aromatic heterocycles. The number of pyridine rings is 1. The van der Waals surface area contributed by atoms with Crippen LogP contribution in [0.5, 0.6) is 0 Å². The third-order valence-corrected chi connectivity index (χ3v) is 4.21. The molecule has 1 fully saturated rings. The molecule has 1 aliphatic rings. The quantitative estimate of drug-likeness (QED) is 0.844. The third kappa shape index (κ3) is 3.21. The molecule has 1 N–H and O–H groups in total. The van der Waals surface area contributed by atoms with Crippen molar-refractivity contribution in [1.29, 1.82) is 0 Å². The fourth-order valence-corrected chi connectivity index (χ4v) is 3.50. The Balaban J connectivity index is 1.82. The summed E-state index contributed by atoms with van der Waals surface area (Å²) in [4.78, 5) is 4.05. The van der Waals surface area contributed by atoms with Gasteiger partial charge in [-0.2, -0.15) is 11.8 Å². The molecule has 0 radical (unpaired) electrons. The van der Waals surface area contributed by atoms with Gasteiger partial charge in [-0.25, -0.2) is 0 Å². The van der Waals surface area contributed by atoms with E-state index in [-0.39, 0.29) is 0 Å². The summed E-state index contributed by atoms with van der Waals surface area (Å²) in [5.41, 5.74) is 1.42. The maximum Gasteiger partial charge on any atom is 0.0270 e. The number of nitrogens with one attached hydrogen (secondary N) is 1. The molecule has 82 valence electrons. The van der Waals surface area contributed by atoms with E-state index < -0.39 is 0 Å². The van der Waals surface area contributed by atoms with E-state index >= 15 is 0 Å². The minimum absolute atomic E-state index is 0.729. The lowest BCUT2D eigenvalue weighted by Crippen LogP contribution is -2.28. The van der Waals surface area contributed by atoms with Crippen LogP contribution < -0.4 is 5.32 Å². The minimum atomic E-state index is 0.729. The maximum absolute atomic E-state index is 4.05. The zero-order chi connectivity index (χ0) is 10.5. The lowest BCUT2D eigenvalue weighted by molar-refractivity contribution is 0.547. The first-order chi connectivity index (χ1) is 7.38. The summed E-state index contributed by atoms with van der Waals surface area (Å²) in [5.74, 6) is 1.27. The SMILES string of the molecule is CCNC1CSC(Cc2ccncc2)C1. The van der Waals surface area contributed by atoms with Gasteiger partial charge in [0.15, 0.2) is 0 Å². The Bertz CT molecular complexity index is 289. The molecular formula is C12H18N2S. The van der Waals surface area contributed by atoms with Gasteiger partial charge in [-0.05, 0) is 37.1 Å². The Labute approximate surface area is 95.9 Å². The van der Waals surface area contributed by atoms with Gasteiger partial charge < -0.3 is 5.32 Å². The van der Waals surface area contributed by atoms with E-state index in [2.05, 4.69) is 41.1 Å². The third-order valence-electron chi connectivity index (χ3n) is 2.79. The van der Waals surface area contributed by atoms with Gasteiger partial charge in [0.2, 0.25) is 0 Å². The van der Waals surface area contributed by atoms with Crippen molar-refractivity contribution in [3.8, 4) is 0 Å². The highest BCUT2D eigenvalue weighted by Gasteiger charge is 2.24. The molecular weight excluding hydrogens is 204 g/mol. The Morgan fingerprint density at radius 3 is 3.00 bits per heavy atom. The number of aromatic nitrogens is 1. The van der Waals surface area contributed by atoms with Gasteiger partial charge in [0.05, 0.1) is 0 Å². The summed E-state index contributed by atoms with van der Waals surface area (Å²) in [5, 5.41) is 4.32. The van der Waals surface area contributed by atoms with E-state index in [4.69, 9.17) is 0 Å². The van der Waals surface area contributed by atoms with Gasteiger partial charge in [-0.1, -0.05) is 6.92 Å². The summed E-state index contributed by atoms with van der Waals surface area (Å²) >= 11 is 2.10. The largest absolute Gasteiger partial charge is 0.313 e. The number of hydrogen-bond donors (Lipinski definition) is 1. The van der Waals surface area contributed by atoms with Crippen LogP contribution in [0.4, 0.5) is 0 Å². The number of thioether (sulfide) groups is 1. The van der Waals surface area contributed by atoms with Crippen molar-refractivity contribution in [1.82, 2.24) is 10.3 Å². The van der Waals surface area contributed by atoms with Gasteiger partial charge >= 0.3 is 0 Å². The van der Waals surface area contributed by atoms with Crippen molar-refractivity contribution >= 4 is 11.8 Å². The topological polar surface area (TPSA) is 24.9 Å². The Morgan fingerprint density at radius 2 is 2.27 bits per heavy atom. The summed E-state index contributed by atoms with van der Waals surface area (Å²) in [6, 6.07) is 4.98. The second-order valence-corrected chi connectivity index (χ2v) is 5.34. The molecule has 0 aromatic carbocycles. The average Bonchev–Trinajstić information content (AvgIpc) is 2.68. The molecule has 0 aliphatic carbocycles. The fraction of sp³-hybridized carbons (Fsp3) is 0.583. The van der Waals surface area contributed by atoms with E-state index in [0.29, 0.717) is 0 Å². The zero-order valence-electron chi connectivity index (χ0n) is 9.15. The second-order valence-electron chi connectivity index (χ2n) is 4.01. The van der Waals surface area contributed by atoms with Crippen LogP contribution in [0.1, 0.15) is 18.9 Å². The van der Waals surface area contributed by atoms with E-state index in [0.717, 1.165) is 17.8 Å². The second kappa shape index (κ2) is 5.52. The lowest BCUT2D eigenvalue weighted by Gasteiger charge is -2.10. The monoisotopic (exact) mass is 222 g/mol. The van der Waals surface area contributed by atoms with Crippen molar-refractivity contribution in [2.45, 2.75) is 31.1 Å². The van der Waals surface area contributed by atoms with E-state index in [1.165, 1.54) is 24.2 Å². The van der Waals surface area contributed by atoms with Crippen molar-refractivity contribution < 1.29 is 0 Å². The molecule has 2 nitrogen and oxygen atoms in total. The lowest BCUT2D eigenvalue weighted by atomic mass is 10.1. The van der Waals surface area contributed by atoms with Gasteiger partial charge in [-0.3, -0.25) is 4.98 Å². The summed E-state index contributed by atoms with van der Waals surface area (Å²) in [6.07, 6.45) is 6.27. The minimum Gasteiger partial charge on any atom is -0.313 e. The number of nitrogens with zero attached hydrogens (tertiary/aromatic N) is 1. The van der Waals surface area contributed by atoms with E-state index in [1.54, 1.807) is 0 Å². The molecule has 2 heterocycles.